The Hall–Kier alpha value is -1.45. The van der Waals surface area contributed by atoms with Gasteiger partial charge in [0, 0.05) is 31.2 Å². The molecule has 0 unspecified atom stereocenters. The molecule has 0 spiro atoms. The first-order valence-corrected chi connectivity index (χ1v) is 7.03. The molecular weight excluding hydrogens is 234 g/mol. The topological polar surface area (TPSA) is 28.2 Å². The highest BCUT2D eigenvalue weighted by molar-refractivity contribution is 5.84. The Kier molecular flexibility index (Phi) is 5.31. The van der Waals surface area contributed by atoms with Crippen molar-refractivity contribution in [1.29, 1.82) is 0 Å². The fourth-order valence-corrected chi connectivity index (χ4v) is 2.21. The minimum Gasteiger partial charge on any atom is -0.315 e. The van der Waals surface area contributed by atoms with Gasteiger partial charge in [0.1, 0.15) is 0 Å². The Labute approximate surface area is 115 Å². The van der Waals surface area contributed by atoms with Gasteiger partial charge in [-0.05, 0) is 31.5 Å². The average Bonchev–Trinajstić information content (AvgIpc) is 2.44. The third-order valence-corrected chi connectivity index (χ3v) is 3.27. The van der Waals surface area contributed by atoms with Crippen LogP contribution in [-0.2, 0) is 6.54 Å². The number of fused-ring (bicyclic) bond motifs is 1. The predicted molar refractivity (Wildman–Crippen MR) is 81.2 cm³/mol. The monoisotopic (exact) mass is 257 g/mol. The lowest BCUT2D eigenvalue weighted by Gasteiger charge is -2.17. The lowest BCUT2D eigenvalue weighted by Crippen LogP contribution is -2.29. The van der Waals surface area contributed by atoms with E-state index >= 15 is 0 Å². The zero-order chi connectivity index (χ0) is 13.5. The van der Waals surface area contributed by atoms with Gasteiger partial charge in [-0.3, -0.25) is 9.88 Å². The van der Waals surface area contributed by atoms with Gasteiger partial charge < -0.3 is 5.32 Å². The maximum atomic E-state index is 4.53. The molecule has 0 fully saturated rings. The van der Waals surface area contributed by atoms with Crippen molar-refractivity contribution in [1.82, 2.24) is 15.2 Å². The molecule has 1 heterocycles. The van der Waals surface area contributed by atoms with E-state index in [1.165, 1.54) is 17.2 Å². The van der Waals surface area contributed by atoms with Crippen LogP contribution in [0.3, 0.4) is 0 Å². The molecule has 19 heavy (non-hydrogen) atoms. The van der Waals surface area contributed by atoms with Crippen molar-refractivity contribution in [2.24, 2.45) is 0 Å². The van der Waals surface area contributed by atoms with Gasteiger partial charge in [-0.1, -0.05) is 31.2 Å². The molecule has 0 radical (unpaired) electrons. The summed E-state index contributed by atoms with van der Waals surface area (Å²) in [6.07, 6.45) is 3.09. The first kappa shape index (κ1) is 14.0. The second-order valence-electron chi connectivity index (χ2n) is 4.97. The van der Waals surface area contributed by atoms with E-state index in [4.69, 9.17) is 0 Å². The number of likely N-dealkylation sites (N-methyl/N-ethyl adjacent to an activating group) is 1. The molecule has 3 nitrogen and oxygen atoms in total. The minimum absolute atomic E-state index is 0.898. The summed E-state index contributed by atoms with van der Waals surface area (Å²) in [5, 5.41) is 5.96. The van der Waals surface area contributed by atoms with Crippen molar-refractivity contribution < 1.29 is 0 Å². The summed E-state index contributed by atoms with van der Waals surface area (Å²) in [5.74, 6) is 0. The quantitative estimate of drug-likeness (QED) is 0.773. The maximum Gasteiger partial charge on any atom is 0.0622 e. The molecule has 0 bridgehead atoms. The molecule has 0 aliphatic heterocycles. The van der Waals surface area contributed by atoms with Gasteiger partial charge in [0.25, 0.3) is 0 Å². The molecular formula is C16H23N3. The molecule has 102 valence electrons. The van der Waals surface area contributed by atoms with Crippen molar-refractivity contribution in [3.8, 4) is 0 Å². The Morgan fingerprint density at radius 2 is 2.00 bits per heavy atom. The van der Waals surface area contributed by atoms with Crippen LogP contribution in [0.4, 0.5) is 0 Å². The van der Waals surface area contributed by atoms with Crippen LogP contribution in [0.2, 0.25) is 0 Å². The summed E-state index contributed by atoms with van der Waals surface area (Å²) < 4.78 is 0. The van der Waals surface area contributed by atoms with E-state index in [2.05, 4.69) is 59.5 Å². The van der Waals surface area contributed by atoms with Crippen LogP contribution in [0.5, 0.6) is 0 Å². The van der Waals surface area contributed by atoms with Gasteiger partial charge >= 0.3 is 0 Å². The Morgan fingerprint density at radius 1 is 1.16 bits per heavy atom. The van der Waals surface area contributed by atoms with Gasteiger partial charge in [0.2, 0.25) is 0 Å². The molecule has 0 amide bonds. The molecule has 0 atom stereocenters. The summed E-state index contributed by atoms with van der Waals surface area (Å²) in [7, 11) is 2.15. The van der Waals surface area contributed by atoms with Gasteiger partial charge in [0.15, 0.2) is 0 Å². The van der Waals surface area contributed by atoms with Gasteiger partial charge in [0.05, 0.1) is 5.69 Å². The normalized spacial score (nSPS) is 11.3. The number of rotatable bonds is 7. The van der Waals surface area contributed by atoms with Crippen LogP contribution in [0.15, 0.2) is 36.5 Å². The van der Waals surface area contributed by atoms with Crippen LogP contribution < -0.4 is 5.32 Å². The van der Waals surface area contributed by atoms with E-state index in [0.717, 1.165) is 31.9 Å². The molecule has 3 heteroatoms. The Morgan fingerprint density at radius 3 is 2.84 bits per heavy atom. The number of benzene rings is 1. The molecule has 0 aliphatic rings. The lowest BCUT2D eigenvalue weighted by atomic mass is 10.1. The van der Waals surface area contributed by atoms with Crippen LogP contribution >= 0.6 is 0 Å². The Bertz CT molecular complexity index is 505. The number of nitrogens with zero attached hydrogens (tertiary/aromatic N) is 2. The van der Waals surface area contributed by atoms with Gasteiger partial charge in [-0.15, -0.1) is 0 Å². The van der Waals surface area contributed by atoms with Gasteiger partial charge in [-0.2, -0.15) is 0 Å². The summed E-state index contributed by atoms with van der Waals surface area (Å²) >= 11 is 0. The highest BCUT2D eigenvalue weighted by Crippen LogP contribution is 2.17. The van der Waals surface area contributed by atoms with Crippen LogP contribution in [-0.4, -0.2) is 36.6 Å². The summed E-state index contributed by atoms with van der Waals surface area (Å²) in [5.41, 5.74) is 1.16. The second kappa shape index (κ2) is 7.22. The van der Waals surface area contributed by atoms with E-state index in [0.29, 0.717) is 0 Å². The second-order valence-corrected chi connectivity index (χ2v) is 4.97. The van der Waals surface area contributed by atoms with Crippen molar-refractivity contribution in [2.75, 3.05) is 26.7 Å². The van der Waals surface area contributed by atoms with E-state index in [9.17, 15) is 0 Å². The smallest absolute Gasteiger partial charge is 0.0622 e. The molecule has 1 aromatic heterocycles. The summed E-state index contributed by atoms with van der Waals surface area (Å²) in [6, 6.07) is 10.5. The number of nitrogens with one attached hydrogen (secondary N) is 1. The van der Waals surface area contributed by atoms with Crippen molar-refractivity contribution in [3.63, 3.8) is 0 Å². The maximum absolute atomic E-state index is 4.53. The molecule has 0 saturated carbocycles. The molecule has 2 aromatic rings. The third kappa shape index (κ3) is 4.01. The molecule has 2 rings (SSSR count). The fraction of sp³-hybridized carbons (Fsp3) is 0.438. The SMILES string of the molecule is CCCNCCN(C)Cc1nccc2ccccc12. The summed E-state index contributed by atoms with van der Waals surface area (Å²) in [6.45, 7) is 6.27. The van der Waals surface area contributed by atoms with E-state index in [1.807, 2.05) is 6.20 Å². The van der Waals surface area contributed by atoms with Crippen molar-refractivity contribution >= 4 is 10.8 Å². The highest BCUT2D eigenvalue weighted by atomic mass is 15.1. The largest absolute Gasteiger partial charge is 0.315 e. The van der Waals surface area contributed by atoms with Crippen LogP contribution in [0.25, 0.3) is 10.8 Å². The van der Waals surface area contributed by atoms with Crippen LogP contribution in [0, 0.1) is 0 Å². The molecule has 0 aliphatic carbocycles. The number of hydrogen-bond acceptors (Lipinski definition) is 3. The first-order valence-electron chi connectivity index (χ1n) is 7.03. The fourth-order valence-electron chi connectivity index (χ4n) is 2.21. The standard InChI is InChI=1S/C16H23N3/c1-3-9-17-11-12-19(2)13-16-15-7-5-4-6-14(15)8-10-18-16/h4-8,10,17H,3,9,11-13H2,1-2H3. The van der Waals surface area contributed by atoms with Crippen molar-refractivity contribution in [3.05, 3.63) is 42.2 Å². The average molecular weight is 257 g/mol. The van der Waals surface area contributed by atoms with E-state index in [1.54, 1.807) is 0 Å². The highest BCUT2D eigenvalue weighted by Gasteiger charge is 2.05. The molecule has 0 saturated heterocycles. The first-order chi connectivity index (χ1) is 9.31. The Balaban J connectivity index is 1.97. The van der Waals surface area contributed by atoms with Gasteiger partial charge in [-0.25, -0.2) is 0 Å². The molecule has 1 N–H and O–H groups in total. The number of pyridine rings is 1. The van der Waals surface area contributed by atoms with E-state index in [-0.39, 0.29) is 0 Å². The van der Waals surface area contributed by atoms with E-state index < -0.39 is 0 Å². The lowest BCUT2D eigenvalue weighted by molar-refractivity contribution is 0.322. The van der Waals surface area contributed by atoms with Crippen molar-refractivity contribution in [2.45, 2.75) is 19.9 Å². The number of aromatic nitrogens is 1. The summed E-state index contributed by atoms with van der Waals surface area (Å²) in [4.78, 5) is 6.85. The molecule has 1 aromatic carbocycles. The zero-order valence-corrected chi connectivity index (χ0v) is 11.9. The minimum atomic E-state index is 0.898. The zero-order valence-electron chi connectivity index (χ0n) is 11.9. The third-order valence-electron chi connectivity index (χ3n) is 3.27. The number of hydrogen-bond donors (Lipinski definition) is 1. The van der Waals surface area contributed by atoms with Crippen LogP contribution in [0.1, 0.15) is 19.0 Å². The predicted octanol–water partition coefficient (Wildman–Crippen LogP) is 2.67.